The van der Waals surface area contributed by atoms with E-state index in [0.29, 0.717) is 124 Å². The van der Waals surface area contributed by atoms with Crippen molar-refractivity contribution in [3.8, 4) is 0 Å². The zero-order chi connectivity index (χ0) is 89.7. The van der Waals surface area contributed by atoms with Crippen LogP contribution in [0.2, 0.25) is 0 Å². The number of amides is 8. The van der Waals surface area contributed by atoms with Crippen molar-refractivity contribution in [1.82, 2.24) is 20.0 Å². The van der Waals surface area contributed by atoms with Gasteiger partial charge in [-0.05, 0) is 180 Å². The highest BCUT2D eigenvalue weighted by Gasteiger charge is 2.50. The van der Waals surface area contributed by atoms with Crippen LogP contribution in [0.15, 0.2) is 146 Å². The largest absolute Gasteiger partial charge is 0.352 e. The number of alkyl halides is 8. The van der Waals surface area contributed by atoms with E-state index in [1.807, 2.05) is 27.7 Å². The van der Waals surface area contributed by atoms with Crippen LogP contribution in [-0.4, -0.2) is 107 Å². The lowest BCUT2D eigenvalue weighted by atomic mass is 9.93. The molecular weight excluding hydrogens is 1630 g/mol. The number of piperidine rings is 1. The van der Waals surface area contributed by atoms with Gasteiger partial charge in [0.2, 0.25) is 0 Å². The lowest BCUT2D eigenvalue weighted by molar-refractivity contribution is -0.161. The highest BCUT2D eigenvalue weighted by Crippen LogP contribution is 2.39. The third kappa shape index (κ3) is 25.3. The minimum Gasteiger partial charge on any atom is -0.346 e. The highest BCUT2D eigenvalue weighted by molar-refractivity contribution is 6.07. The highest BCUT2D eigenvalue weighted by atomic mass is 19.3. The molecule has 1 heterocycles. The molecule has 9 rings (SSSR count). The second kappa shape index (κ2) is 42.2. The van der Waals surface area contributed by atoms with Crippen molar-refractivity contribution in [3.05, 3.63) is 260 Å². The maximum atomic E-state index is 14.9. The SMILES string of the molecule is CCC1CCN(C(=O)C(F)(F)c2cc(C(=O)Nc3ccc(F)c(F)c3)ccc2F)CC1.CCCC(C)(C)NC(=O)C(F)(F)c1cc(C(=O)Nc2ccc(F)c(F)c2)ccc1F.CCCCN(C)C(=O)C(F)(F)c1cc(C(=O)Nc2ccc(F)c(F)c2)ccc1F.CCCCN(CC)C(=O)C(F)(F)c1cc(C(=O)Nc2ccc(F)c(F)c2)ccc1F. The first-order valence-electron chi connectivity index (χ1n) is 37.1. The molecule has 36 heteroatoms. The fourth-order valence-corrected chi connectivity index (χ4v) is 11.7. The molecule has 1 aliphatic rings. The van der Waals surface area contributed by atoms with Gasteiger partial charge in [0, 0.05) is 115 Å². The van der Waals surface area contributed by atoms with Crippen LogP contribution in [0.4, 0.5) is 111 Å². The molecule has 1 saturated heterocycles. The van der Waals surface area contributed by atoms with Crippen LogP contribution in [0.25, 0.3) is 0 Å². The van der Waals surface area contributed by atoms with Gasteiger partial charge in [-0.15, -0.1) is 0 Å². The van der Waals surface area contributed by atoms with Crippen LogP contribution < -0.4 is 26.6 Å². The molecule has 0 radical (unpaired) electrons. The van der Waals surface area contributed by atoms with Gasteiger partial charge in [0.05, 0.1) is 22.3 Å². The number of carbonyl (C=O) groups excluding carboxylic acids is 8. The first-order chi connectivity index (χ1) is 56.2. The molecule has 1 aliphatic heterocycles. The summed E-state index contributed by atoms with van der Waals surface area (Å²) in [5.41, 5.74) is -7.90. The topological polar surface area (TPSA) is 206 Å². The molecule has 0 aromatic heterocycles. The Hall–Kier alpha value is -11.9. The Morgan fingerprint density at radius 3 is 0.975 bits per heavy atom. The maximum absolute atomic E-state index is 14.9. The number of likely N-dealkylation sites (N-methyl/N-ethyl adjacent to an activating group) is 2. The van der Waals surface area contributed by atoms with Gasteiger partial charge in [-0.25, -0.2) is 52.7 Å². The smallest absolute Gasteiger partial charge is 0.346 e. The molecular formula is C84H82F20N8O8. The Balaban J connectivity index is 0.000000248. The number of carbonyl (C=O) groups is 8. The molecule has 0 bridgehead atoms. The van der Waals surface area contributed by atoms with Crippen LogP contribution >= 0.6 is 0 Å². The van der Waals surface area contributed by atoms with Gasteiger partial charge < -0.3 is 41.3 Å². The summed E-state index contributed by atoms with van der Waals surface area (Å²) >= 11 is 0. The van der Waals surface area contributed by atoms with E-state index in [0.717, 1.165) is 100.0 Å². The van der Waals surface area contributed by atoms with E-state index < -0.39 is 174 Å². The van der Waals surface area contributed by atoms with Crippen molar-refractivity contribution < 1.29 is 126 Å². The molecule has 16 nitrogen and oxygen atoms in total. The van der Waals surface area contributed by atoms with Gasteiger partial charge in [-0.2, -0.15) is 35.1 Å². The number of unbranched alkanes of at least 4 members (excludes halogenated alkanes) is 2. The van der Waals surface area contributed by atoms with Gasteiger partial charge in [-0.3, -0.25) is 38.4 Å². The quantitative estimate of drug-likeness (QED) is 0.0312. The Labute approximate surface area is 676 Å². The number of nitrogens with zero attached hydrogens (tertiary/aromatic N) is 3. The summed E-state index contributed by atoms with van der Waals surface area (Å²) in [6.07, 6.45) is 5.50. The van der Waals surface area contributed by atoms with E-state index >= 15 is 0 Å². The van der Waals surface area contributed by atoms with Crippen LogP contribution in [0.5, 0.6) is 0 Å². The number of benzene rings is 8. The van der Waals surface area contributed by atoms with Gasteiger partial charge in [0.1, 0.15) is 23.3 Å². The van der Waals surface area contributed by atoms with Gasteiger partial charge in [0.15, 0.2) is 46.5 Å². The van der Waals surface area contributed by atoms with Crippen molar-refractivity contribution in [2.24, 2.45) is 5.92 Å². The van der Waals surface area contributed by atoms with E-state index in [9.17, 15) is 126 Å². The molecule has 646 valence electrons. The molecule has 5 N–H and O–H groups in total. The lowest BCUT2D eigenvalue weighted by Gasteiger charge is -2.33. The van der Waals surface area contributed by atoms with E-state index in [-0.39, 0.29) is 72.2 Å². The average Bonchev–Trinajstić information content (AvgIpc) is 0.717. The number of hydrogen-bond acceptors (Lipinski definition) is 8. The molecule has 8 aromatic carbocycles. The van der Waals surface area contributed by atoms with Crippen molar-refractivity contribution in [3.63, 3.8) is 0 Å². The molecule has 8 amide bonds. The van der Waals surface area contributed by atoms with Crippen molar-refractivity contribution >= 4 is 70.0 Å². The lowest BCUT2D eigenvalue weighted by Crippen LogP contribution is -2.49. The number of rotatable bonds is 27. The Morgan fingerprint density at radius 1 is 0.375 bits per heavy atom. The van der Waals surface area contributed by atoms with Crippen LogP contribution in [0, 0.1) is 75.7 Å². The minimum absolute atomic E-state index is 0.0202. The number of anilines is 4. The molecule has 1 fully saturated rings. The Kier molecular flexibility index (Phi) is 34.1. The number of nitrogens with one attached hydrogen (secondary N) is 5. The van der Waals surface area contributed by atoms with E-state index in [1.54, 1.807) is 13.8 Å². The summed E-state index contributed by atoms with van der Waals surface area (Å²) in [6.45, 7) is 12.6. The number of hydrogen-bond donors (Lipinski definition) is 5. The van der Waals surface area contributed by atoms with Crippen molar-refractivity contribution in [2.75, 3.05) is 61.0 Å². The molecule has 120 heavy (non-hydrogen) atoms. The molecule has 0 spiro atoms. The summed E-state index contributed by atoms with van der Waals surface area (Å²) in [7, 11) is 1.18. The van der Waals surface area contributed by atoms with E-state index in [1.165, 1.54) is 14.0 Å². The third-order valence-corrected chi connectivity index (χ3v) is 18.5. The molecule has 8 aromatic rings. The summed E-state index contributed by atoms with van der Waals surface area (Å²) in [5, 5.41) is 11.0. The molecule has 0 unspecified atom stereocenters. The third-order valence-electron chi connectivity index (χ3n) is 18.5. The van der Waals surface area contributed by atoms with E-state index in [2.05, 4.69) is 26.6 Å². The zero-order valence-electron chi connectivity index (χ0n) is 65.5. The fraction of sp³-hybridized carbons (Fsp3) is 0.333. The van der Waals surface area contributed by atoms with Crippen molar-refractivity contribution in [2.45, 2.75) is 135 Å². The molecule has 0 saturated carbocycles. The van der Waals surface area contributed by atoms with Crippen LogP contribution in [0.1, 0.15) is 170 Å². The second-order valence-electron chi connectivity index (χ2n) is 28.0. The zero-order valence-corrected chi connectivity index (χ0v) is 65.5. The monoisotopic (exact) mass is 1710 g/mol. The summed E-state index contributed by atoms with van der Waals surface area (Å²) in [4.78, 5) is 101. The predicted octanol–water partition coefficient (Wildman–Crippen LogP) is 20.0. The van der Waals surface area contributed by atoms with E-state index in [4.69, 9.17) is 0 Å². The standard InChI is InChI=1S/C22H21F5N2O2.2C21H21F5N2O2.C20H19F5N2O2/c1-2-13-7-9-29(10-8-13)21(31)22(26,27)16-11-14(3-5-17(16)23)20(30)28-15-4-6-18(24)19(25)12-15;1-4-9-20(2,3)28-19(30)21(25,26)14-10-12(5-7-15(14)22)18(29)27-13-6-8-16(23)17(24)11-13;1-3-5-10-28(4-2)20(30)21(25,26)15-11-13(6-8-16(15)22)19(29)27-14-7-9-17(23)18(24)12-14;1-3-4-9-27(2)19(29)20(24,25)14-10-12(5-7-15(14)21)18(28)26-13-6-8-16(22)17(23)11-13/h3-6,11-13H,2,7-10H2,1H3,(H,28,30);5-8,10-11H,4,9H2,1-3H3,(H,27,29)(H,28,30);6-9,11-12H,3-5,10H2,1-2H3,(H,27,29);5-8,10-11H,3-4,9H2,1-2H3,(H,26,28). The van der Waals surface area contributed by atoms with Gasteiger partial charge >= 0.3 is 23.7 Å². The van der Waals surface area contributed by atoms with Gasteiger partial charge in [0.25, 0.3) is 47.3 Å². The summed E-state index contributed by atoms with van der Waals surface area (Å²) in [6, 6.07) is 18.9. The fourth-order valence-electron chi connectivity index (χ4n) is 11.7. The first kappa shape index (κ1) is 97.0. The number of halogens is 20. The molecule has 0 atom stereocenters. The van der Waals surface area contributed by atoms with Crippen LogP contribution in [0.3, 0.4) is 0 Å². The first-order valence-corrected chi connectivity index (χ1v) is 37.1. The van der Waals surface area contributed by atoms with Crippen LogP contribution in [-0.2, 0) is 42.9 Å². The Morgan fingerprint density at radius 2 is 0.675 bits per heavy atom. The summed E-state index contributed by atoms with van der Waals surface area (Å²) in [5.74, 6) is -41.4. The van der Waals surface area contributed by atoms with Gasteiger partial charge in [-0.1, -0.05) is 53.4 Å². The predicted molar refractivity (Wildman–Crippen MR) is 405 cm³/mol. The Bertz CT molecular complexity index is 5030. The number of likely N-dealkylation sites (tertiary alicyclic amines) is 1. The average molecular weight is 1710 g/mol. The molecule has 0 aliphatic carbocycles. The maximum Gasteiger partial charge on any atom is 0.352 e. The van der Waals surface area contributed by atoms with Crippen molar-refractivity contribution in [1.29, 1.82) is 0 Å². The minimum atomic E-state index is -4.24. The summed E-state index contributed by atoms with van der Waals surface area (Å²) < 4.78 is 279. The normalized spacial score (nSPS) is 12.4. The second-order valence-corrected chi connectivity index (χ2v) is 28.0.